The second-order valence-electron chi connectivity index (χ2n) is 6.16. The summed E-state index contributed by atoms with van der Waals surface area (Å²) in [5.41, 5.74) is 4.93. The number of hydrogen-bond acceptors (Lipinski definition) is 4. The molecular formula is C22H20N4O. The minimum Gasteiger partial charge on any atom is -0.340 e. The Balaban J connectivity index is 1.71. The Morgan fingerprint density at radius 2 is 1.89 bits per heavy atom. The number of nitriles is 1. The van der Waals surface area contributed by atoms with Crippen LogP contribution in [0.1, 0.15) is 34.0 Å². The van der Waals surface area contributed by atoms with E-state index in [9.17, 15) is 4.79 Å². The van der Waals surface area contributed by atoms with Crippen molar-refractivity contribution in [3.63, 3.8) is 0 Å². The van der Waals surface area contributed by atoms with Crippen LogP contribution in [-0.4, -0.2) is 10.9 Å². The van der Waals surface area contributed by atoms with E-state index in [4.69, 9.17) is 5.26 Å². The molecule has 5 heteroatoms. The van der Waals surface area contributed by atoms with Crippen LogP contribution in [0.3, 0.4) is 0 Å². The summed E-state index contributed by atoms with van der Waals surface area (Å²) in [5.74, 6) is 0.442. The number of nitrogens with zero attached hydrogens (tertiary/aromatic N) is 2. The number of anilines is 3. The largest absolute Gasteiger partial charge is 0.340 e. The number of aromatic nitrogens is 1. The predicted octanol–water partition coefficient (Wildman–Crippen LogP) is 4.82. The summed E-state index contributed by atoms with van der Waals surface area (Å²) in [6.45, 7) is 4.05. The monoisotopic (exact) mass is 356 g/mol. The predicted molar refractivity (Wildman–Crippen MR) is 107 cm³/mol. The topological polar surface area (TPSA) is 77.8 Å². The van der Waals surface area contributed by atoms with Crippen molar-refractivity contribution >= 4 is 23.1 Å². The molecule has 3 rings (SSSR count). The molecule has 0 aliphatic rings. The van der Waals surface area contributed by atoms with E-state index in [1.54, 1.807) is 30.5 Å². The number of rotatable bonds is 5. The van der Waals surface area contributed by atoms with E-state index < -0.39 is 0 Å². The van der Waals surface area contributed by atoms with Gasteiger partial charge in [-0.05, 0) is 60.9 Å². The lowest BCUT2D eigenvalue weighted by Gasteiger charge is -2.13. The van der Waals surface area contributed by atoms with Gasteiger partial charge in [-0.3, -0.25) is 4.79 Å². The van der Waals surface area contributed by atoms with Crippen molar-refractivity contribution in [2.24, 2.45) is 0 Å². The van der Waals surface area contributed by atoms with E-state index in [2.05, 4.69) is 28.6 Å². The number of hydrogen-bond donors (Lipinski definition) is 2. The fourth-order valence-corrected chi connectivity index (χ4v) is 2.77. The lowest BCUT2D eigenvalue weighted by Crippen LogP contribution is -2.14. The van der Waals surface area contributed by atoms with Crippen LogP contribution < -0.4 is 10.6 Å². The zero-order chi connectivity index (χ0) is 19.2. The second-order valence-corrected chi connectivity index (χ2v) is 6.16. The molecule has 134 valence electrons. The molecule has 0 unspecified atom stereocenters. The molecule has 0 aliphatic carbocycles. The van der Waals surface area contributed by atoms with E-state index in [1.165, 1.54) is 0 Å². The first-order valence-electron chi connectivity index (χ1n) is 8.73. The molecule has 0 fully saturated rings. The molecule has 1 aromatic heterocycles. The minimum absolute atomic E-state index is 0.184. The average Bonchev–Trinajstić information content (AvgIpc) is 2.70. The molecule has 0 bridgehead atoms. The number of amides is 1. The first-order chi connectivity index (χ1) is 13.1. The van der Waals surface area contributed by atoms with E-state index >= 15 is 0 Å². The Kier molecular flexibility index (Phi) is 5.48. The molecule has 5 nitrogen and oxygen atoms in total. The van der Waals surface area contributed by atoms with Crippen molar-refractivity contribution in [1.29, 1.82) is 5.26 Å². The van der Waals surface area contributed by atoms with E-state index in [1.807, 2.05) is 37.3 Å². The molecule has 3 aromatic rings. The fourth-order valence-electron chi connectivity index (χ4n) is 2.77. The summed E-state index contributed by atoms with van der Waals surface area (Å²) in [5, 5.41) is 15.0. The van der Waals surface area contributed by atoms with Gasteiger partial charge in [-0.1, -0.05) is 25.1 Å². The highest BCUT2D eigenvalue weighted by atomic mass is 16.1. The summed E-state index contributed by atoms with van der Waals surface area (Å²) in [6.07, 6.45) is 2.40. The lowest BCUT2D eigenvalue weighted by molar-refractivity contribution is 0.102. The van der Waals surface area contributed by atoms with Gasteiger partial charge in [0.15, 0.2) is 0 Å². The van der Waals surface area contributed by atoms with Gasteiger partial charge < -0.3 is 10.6 Å². The van der Waals surface area contributed by atoms with Crippen molar-refractivity contribution in [3.05, 3.63) is 83.0 Å². The van der Waals surface area contributed by atoms with Gasteiger partial charge >= 0.3 is 0 Å². The zero-order valence-electron chi connectivity index (χ0n) is 15.3. The summed E-state index contributed by atoms with van der Waals surface area (Å²) in [7, 11) is 0. The Hall–Kier alpha value is -3.65. The zero-order valence-corrected chi connectivity index (χ0v) is 15.3. The summed E-state index contributed by atoms with van der Waals surface area (Å²) >= 11 is 0. The van der Waals surface area contributed by atoms with Gasteiger partial charge in [0.05, 0.1) is 17.2 Å². The number of pyridine rings is 1. The van der Waals surface area contributed by atoms with Crippen molar-refractivity contribution in [2.75, 3.05) is 10.6 Å². The first kappa shape index (κ1) is 18.2. The first-order valence-corrected chi connectivity index (χ1v) is 8.73. The standard InChI is InChI=1S/C22H20N4O/c1-3-17-6-4-5-15(2)21(17)26-22(27)18-9-12-20(24-14-18)25-19-10-7-16(13-23)8-11-19/h4-12,14H,3H2,1-2H3,(H,24,25)(H,26,27). The highest BCUT2D eigenvalue weighted by molar-refractivity contribution is 6.05. The van der Waals surface area contributed by atoms with Gasteiger partial charge in [0.1, 0.15) is 5.82 Å². The van der Waals surface area contributed by atoms with Gasteiger partial charge in [0.2, 0.25) is 0 Å². The number of para-hydroxylation sites is 1. The molecule has 0 saturated carbocycles. The summed E-state index contributed by atoms with van der Waals surface area (Å²) < 4.78 is 0. The summed E-state index contributed by atoms with van der Waals surface area (Å²) in [6, 6.07) is 18.7. The van der Waals surface area contributed by atoms with Gasteiger partial charge in [0, 0.05) is 17.6 Å². The van der Waals surface area contributed by atoms with Crippen LogP contribution in [0.4, 0.5) is 17.2 Å². The lowest BCUT2D eigenvalue weighted by atomic mass is 10.1. The Morgan fingerprint density at radius 1 is 1.11 bits per heavy atom. The molecule has 2 N–H and O–H groups in total. The summed E-state index contributed by atoms with van der Waals surface area (Å²) in [4.78, 5) is 16.9. The van der Waals surface area contributed by atoms with E-state index in [-0.39, 0.29) is 5.91 Å². The van der Waals surface area contributed by atoms with Crippen molar-refractivity contribution in [2.45, 2.75) is 20.3 Å². The molecule has 0 saturated heterocycles. The maximum Gasteiger partial charge on any atom is 0.257 e. The third-order valence-electron chi connectivity index (χ3n) is 4.29. The number of nitrogens with one attached hydrogen (secondary N) is 2. The van der Waals surface area contributed by atoms with Gasteiger partial charge in [-0.2, -0.15) is 5.26 Å². The Morgan fingerprint density at radius 3 is 2.52 bits per heavy atom. The molecule has 1 heterocycles. The van der Waals surface area contributed by atoms with Crippen molar-refractivity contribution in [3.8, 4) is 6.07 Å². The number of carbonyl (C=O) groups is 1. The van der Waals surface area contributed by atoms with Crippen LogP contribution in [0.2, 0.25) is 0 Å². The Labute approximate surface area is 158 Å². The molecule has 0 spiro atoms. The number of aryl methyl sites for hydroxylation is 2. The van der Waals surface area contributed by atoms with Crippen LogP contribution in [0.5, 0.6) is 0 Å². The normalized spacial score (nSPS) is 10.1. The second kappa shape index (κ2) is 8.15. The quantitative estimate of drug-likeness (QED) is 0.687. The SMILES string of the molecule is CCc1cccc(C)c1NC(=O)c1ccc(Nc2ccc(C#N)cc2)nc1. The van der Waals surface area contributed by atoms with E-state index in [0.717, 1.165) is 28.9 Å². The van der Waals surface area contributed by atoms with Crippen LogP contribution in [0, 0.1) is 18.3 Å². The fraction of sp³-hybridized carbons (Fsp3) is 0.136. The Bertz CT molecular complexity index is 986. The van der Waals surface area contributed by atoms with Crippen LogP contribution in [-0.2, 0) is 6.42 Å². The average molecular weight is 356 g/mol. The highest BCUT2D eigenvalue weighted by Gasteiger charge is 2.11. The third kappa shape index (κ3) is 4.31. The molecule has 27 heavy (non-hydrogen) atoms. The van der Waals surface area contributed by atoms with Crippen LogP contribution in [0.15, 0.2) is 60.8 Å². The minimum atomic E-state index is -0.184. The van der Waals surface area contributed by atoms with Crippen LogP contribution in [0.25, 0.3) is 0 Å². The van der Waals surface area contributed by atoms with E-state index in [0.29, 0.717) is 16.9 Å². The van der Waals surface area contributed by atoms with Crippen molar-refractivity contribution in [1.82, 2.24) is 4.98 Å². The smallest absolute Gasteiger partial charge is 0.257 e. The third-order valence-corrected chi connectivity index (χ3v) is 4.29. The highest BCUT2D eigenvalue weighted by Crippen LogP contribution is 2.22. The maximum absolute atomic E-state index is 12.6. The molecule has 2 aromatic carbocycles. The van der Waals surface area contributed by atoms with Gasteiger partial charge in [-0.15, -0.1) is 0 Å². The molecule has 0 atom stereocenters. The molecule has 1 amide bonds. The molecule has 0 radical (unpaired) electrons. The number of carbonyl (C=O) groups excluding carboxylic acids is 1. The maximum atomic E-state index is 12.6. The van der Waals surface area contributed by atoms with Crippen molar-refractivity contribution < 1.29 is 4.79 Å². The number of benzene rings is 2. The molecule has 0 aliphatic heterocycles. The van der Waals surface area contributed by atoms with Crippen LogP contribution >= 0.6 is 0 Å². The molecular weight excluding hydrogens is 336 g/mol. The van der Waals surface area contributed by atoms with Gasteiger partial charge in [-0.25, -0.2) is 4.98 Å². The van der Waals surface area contributed by atoms with Gasteiger partial charge in [0.25, 0.3) is 5.91 Å².